The van der Waals surface area contributed by atoms with Gasteiger partial charge in [0.25, 0.3) is 0 Å². The second-order valence-corrected chi connectivity index (χ2v) is 12.3. The summed E-state index contributed by atoms with van der Waals surface area (Å²) in [7, 11) is 0. The quantitative estimate of drug-likeness (QED) is 0.200. The molecule has 0 spiro atoms. The van der Waals surface area contributed by atoms with Crippen LogP contribution in [0.2, 0.25) is 0 Å². The Kier molecular flexibility index (Phi) is 6.29. The van der Waals surface area contributed by atoms with Gasteiger partial charge in [0, 0.05) is 0 Å². The van der Waals surface area contributed by atoms with Gasteiger partial charge in [-0.25, -0.2) is 0 Å². The van der Waals surface area contributed by atoms with E-state index in [2.05, 4.69) is 121 Å². The van der Waals surface area contributed by atoms with E-state index < -0.39 is 0 Å². The van der Waals surface area contributed by atoms with E-state index in [1.165, 1.54) is 66.1 Å². The first-order chi connectivity index (χ1) is 23.7. The maximum Gasteiger partial charge on any atom is 0.0991 e. The van der Waals surface area contributed by atoms with Gasteiger partial charge in [-0.05, 0) is 113 Å². The van der Waals surface area contributed by atoms with E-state index in [0.717, 1.165) is 22.3 Å². The third-order valence-corrected chi connectivity index (χ3v) is 9.70. The zero-order valence-electron chi connectivity index (χ0n) is 25.9. The molecule has 2 nitrogen and oxygen atoms in total. The lowest BCUT2D eigenvalue weighted by Crippen LogP contribution is -1.94. The predicted octanol–water partition coefficient (Wildman–Crippen LogP) is 12.1. The summed E-state index contributed by atoms with van der Waals surface area (Å²) >= 11 is 0. The summed E-state index contributed by atoms with van der Waals surface area (Å²) in [5, 5.41) is 23.5. The predicted molar refractivity (Wildman–Crippen MR) is 197 cm³/mol. The largest absolute Gasteiger partial charge is 0.192 e. The minimum atomic E-state index is 0.662. The fraction of sp³-hybridized carbons (Fsp3) is 0. The van der Waals surface area contributed by atoms with Crippen LogP contribution in [0.3, 0.4) is 0 Å². The molecule has 0 atom stereocenters. The van der Waals surface area contributed by atoms with Gasteiger partial charge in [0.2, 0.25) is 0 Å². The highest BCUT2D eigenvalue weighted by Crippen LogP contribution is 2.57. The van der Waals surface area contributed by atoms with E-state index in [-0.39, 0.29) is 0 Å². The molecule has 0 radical (unpaired) electrons. The maximum absolute atomic E-state index is 9.25. The first-order valence-corrected chi connectivity index (χ1v) is 16.0. The Balaban J connectivity index is 1.28. The van der Waals surface area contributed by atoms with Crippen molar-refractivity contribution in [2.24, 2.45) is 0 Å². The first kappa shape index (κ1) is 27.6. The number of hydrogen-bond donors (Lipinski definition) is 0. The number of benzene rings is 8. The van der Waals surface area contributed by atoms with Crippen LogP contribution < -0.4 is 0 Å². The van der Waals surface area contributed by atoms with Crippen molar-refractivity contribution >= 4 is 21.5 Å². The summed E-state index contributed by atoms with van der Waals surface area (Å²) in [5.74, 6) is 0. The molecule has 48 heavy (non-hydrogen) atoms. The van der Waals surface area contributed by atoms with Crippen LogP contribution in [0.25, 0.3) is 88.3 Å². The van der Waals surface area contributed by atoms with Crippen LogP contribution in [-0.2, 0) is 0 Å². The monoisotopic (exact) mass is 606 g/mol. The van der Waals surface area contributed by atoms with E-state index in [9.17, 15) is 10.5 Å². The average molecular weight is 607 g/mol. The molecule has 1 aliphatic carbocycles. The molecular weight excluding hydrogens is 581 g/mol. The molecule has 0 amide bonds. The van der Waals surface area contributed by atoms with Gasteiger partial charge in [-0.15, -0.1) is 0 Å². The molecule has 0 aromatic heterocycles. The van der Waals surface area contributed by atoms with E-state index in [1.54, 1.807) is 0 Å². The highest BCUT2D eigenvalue weighted by molar-refractivity contribution is 6.27. The molecule has 0 aliphatic heterocycles. The van der Waals surface area contributed by atoms with Crippen LogP contribution in [0.1, 0.15) is 11.1 Å². The van der Waals surface area contributed by atoms with Crippen molar-refractivity contribution in [3.63, 3.8) is 0 Å². The first-order valence-electron chi connectivity index (χ1n) is 16.0. The topological polar surface area (TPSA) is 47.6 Å². The normalized spacial score (nSPS) is 11.3. The molecule has 8 aromatic rings. The fourth-order valence-corrected chi connectivity index (χ4v) is 7.47. The van der Waals surface area contributed by atoms with Gasteiger partial charge in [-0.3, -0.25) is 0 Å². The van der Waals surface area contributed by atoms with Gasteiger partial charge in [0.05, 0.1) is 23.3 Å². The lowest BCUT2D eigenvalue weighted by Gasteiger charge is -2.21. The molecular formula is C46H26N2. The molecule has 0 bridgehead atoms. The van der Waals surface area contributed by atoms with Gasteiger partial charge >= 0.3 is 0 Å². The van der Waals surface area contributed by atoms with Gasteiger partial charge in [-0.1, -0.05) is 133 Å². The minimum Gasteiger partial charge on any atom is -0.192 e. The summed E-state index contributed by atoms with van der Waals surface area (Å²) in [6.45, 7) is 0. The highest BCUT2D eigenvalue weighted by Gasteiger charge is 2.30. The Hall–Kier alpha value is -6.74. The number of rotatable bonds is 4. The second-order valence-electron chi connectivity index (χ2n) is 12.3. The molecule has 9 rings (SSSR count). The van der Waals surface area contributed by atoms with Crippen molar-refractivity contribution in [2.75, 3.05) is 0 Å². The Morgan fingerprint density at radius 3 is 1.04 bits per heavy atom. The van der Waals surface area contributed by atoms with Crippen LogP contribution in [0.4, 0.5) is 0 Å². The van der Waals surface area contributed by atoms with E-state index in [1.807, 2.05) is 48.5 Å². The van der Waals surface area contributed by atoms with Crippen LogP contribution in [0.15, 0.2) is 158 Å². The van der Waals surface area contributed by atoms with Crippen molar-refractivity contribution in [1.29, 1.82) is 10.5 Å². The van der Waals surface area contributed by atoms with Gasteiger partial charge in [-0.2, -0.15) is 10.5 Å². The average Bonchev–Trinajstić information content (AvgIpc) is 3.49. The van der Waals surface area contributed by atoms with Crippen molar-refractivity contribution < 1.29 is 0 Å². The SMILES string of the molecule is N#Cc1ccc(-c2ccc(-c3c4c(c(-c5ccc(-c6ccc(C#N)cc6)cc5)c5ccccc35)-c3cccc5cccc-4c35)cc2)cc1. The van der Waals surface area contributed by atoms with Crippen molar-refractivity contribution in [2.45, 2.75) is 0 Å². The Morgan fingerprint density at radius 1 is 0.312 bits per heavy atom. The highest BCUT2D eigenvalue weighted by atomic mass is 14.3. The molecule has 2 heteroatoms. The smallest absolute Gasteiger partial charge is 0.0991 e. The van der Waals surface area contributed by atoms with Crippen molar-refractivity contribution in [1.82, 2.24) is 0 Å². The molecule has 0 fully saturated rings. The molecule has 0 saturated carbocycles. The summed E-state index contributed by atoms with van der Waals surface area (Å²) in [5.41, 5.74) is 15.7. The third kappa shape index (κ3) is 4.25. The molecule has 0 heterocycles. The summed E-state index contributed by atoms with van der Waals surface area (Å²) in [6, 6.07) is 59.8. The molecule has 8 aromatic carbocycles. The molecule has 220 valence electrons. The number of nitrogens with zero attached hydrogens (tertiary/aromatic N) is 2. The van der Waals surface area contributed by atoms with Gasteiger partial charge in [0.15, 0.2) is 0 Å². The van der Waals surface area contributed by atoms with Gasteiger partial charge in [0.1, 0.15) is 0 Å². The molecule has 0 saturated heterocycles. The Morgan fingerprint density at radius 2 is 0.667 bits per heavy atom. The zero-order valence-corrected chi connectivity index (χ0v) is 25.9. The maximum atomic E-state index is 9.25. The molecule has 1 aliphatic rings. The van der Waals surface area contributed by atoms with E-state index >= 15 is 0 Å². The summed E-state index contributed by atoms with van der Waals surface area (Å²) in [6.07, 6.45) is 0. The summed E-state index contributed by atoms with van der Waals surface area (Å²) < 4.78 is 0. The lowest BCUT2D eigenvalue weighted by atomic mass is 9.82. The second kappa shape index (κ2) is 11.0. The Bertz CT molecular complexity index is 2450. The number of hydrogen-bond acceptors (Lipinski definition) is 2. The molecule has 0 N–H and O–H groups in total. The van der Waals surface area contributed by atoms with Crippen molar-refractivity contribution in [3.8, 4) is 78.9 Å². The number of nitriles is 2. The van der Waals surface area contributed by atoms with Crippen LogP contribution in [-0.4, -0.2) is 0 Å². The minimum absolute atomic E-state index is 0.662. The third-order valence-electron chi connectivity index (χ3n) is 9.70. The zero-order chi connectivity index (χ0) is 32.2. The standard InChI is InChI=1S/C46H26N2/c47-27-29-11-15-31(16-12-29)33-19-23-36(24-20-33)43-38-7-1-2-8-39(38)44(37-25-21-34(22-26-37)32-17-13-30(28-48)14-18-32)46-41-10-4-6-35-5-3-9-40(42(35)41)45(43)46/h1-26H. The Labute approximate surface area is 279 Å². The van der Waals surface area contributed by atoms with Crippen LogP contribution in [0.5, 0.6) is 0 Å². The van der Waals surface area contributed by atoms with Gasteiger partial charge < -0.3 is 0 Å². The summed E-state index contributed by atoms with van der Waals surface area (Å²) in [4.78, 5) is 0. The van der Waals surface area contributed by atoms with E-state index in [0.29, 0.717) is 11.1 Å². The number of fused-ring (bicyclic) bond motifs is 4. The molecule has 0 unspecified atom stereocenters. The lowest BCUT2D eigenvalue weighted by molar-refractivity contribution is 1.48. The van der Waals surface area contributed by atoms with E-state index in [4.69, 9.17) is 0 Å². The van der Waals surface area contributed by atoms with Crippen LogP contribution in [0, 0.1) is 22.7 Å². The fourth-order valence-electron chi connectivity index (χ4n) is 7.47. The van der Waals surface area contributed by atoms with Crippen molar-refractivity contribution in [3.05, 3.63) is 169 Å². The van der Waals surface area contributed by atoms with Crippen LogP contribution >= 0.6 is 0 Å².